The van der Waals surface area contributed by atoms with Crippen LogP contribution in [0.3, 0.4) is 0 Å². The predicted molar refractivity (Wildman–Crippen MR) is 134 cm³/mol. The number of rotatable bonds is 5. The van der Waals surface area contributed by atoms with Crippen molar-refractivity contribution in [1.29, 1.82) is 0 Å². The van der Waals surface area contributed by atoms with E-state index in [4.69, 9.17) is 17.0 Å². The van der Waals surface area contributed by atoms with Crippen molar-refractivity contribution in [2.24, 2.45) is 0 Å². The lowest BCUT2D eigenvalue weighted by Gasteiger charge is -2.29. The summed E-state index contributed by atoms with van der Waals surface area (Å²) in [5, 5.41) is 10.3. The van der Waals surface area contributed by atoms with E-state index in [0.717, 1.165) is 11.4 Å². The van der Waals surface area contributed by atoms with Crippen LogP contribution in [0.5, 0.6) is 11.5 Å². The fourth-order valence-corrected chi connectivity index (χ4v) is 4.19. The SMILES string of the molecule is Cc1cc(/C=C2/C(=O)NC(=S)N(c3ccc(Oc4ccccc4)cc3)C2=O)c(C)n1-n1cnnc1. The number of hydrogen-bond donors (Lipinski definition) is 1. The Hall–Kier alpha value is -4.57. The number of para-hydroxylation sites is 1. The van der Waals surface area contributed by atoms with E-state index in [1.54, 1.807) is 47.7 Å². The zero-order chi connectivity index (χ0) is 24.5. The second kappa shape index (κ2) is 8.99. The molecular weight excluding hydrogens is 464 g/mol. The fraction of sp³-hybridized carbons (Fsp3) is 0.0800. The number of amides is 2. The molecule has 0 unspecified atom stereocenters. The lowest BCUT2D eigenvalue weighted by atomic mass is 10.1. The second-order valence-corrected chi connectivity index (χ2v) is 8.23. The van der Waals surface area contributed by atoms with Crippen LogP contribution in [0.25, 0.3) is 6.08 Å². The van der Waals surface area contributed by atoms with Gasteiger partial charge in [0.2, 0.25) is 0 Å². The number of hydrogen-bond acceptors (Lipinski definition) is 6. The molecule has 2 aromatic carbocycles. The van der Waals surface area contributed by atoms with Gasteiger partial charge in [0.05, 0.1) is 5.69 Å². The van der Waals surface area contributed by atoms with Crippen LogP contribution in [-0.4, -0.2) is 36.5 Å². The summed E-state index contributed by atoms with van der Waals surface area (Å²) in [5.74, 6) is 0.252. The Morgan fingerprint density at radius 1 is 0.943 bits per heavy atom. The van der Waals surface area contributed by atoms with Gasteiger partial charge in [0, 0.05) is 11.4 Å². The van der Waals surface area contributed by atoms with Gasteiger partial charge in [-0.1, -0.05) is 18.2 Å². The Morgan fingerprint density at radius 3 is 2.29 bits per heavy atom. The van der Waals surface area contributed by atoms with Crippen LogP contribution in [0.15, 0.2) is 78.9 Å². The Morgan fingerprint density at radius 2 is 1.60 bits per heavy atom. The first kappa shape index (κ1) is 22.2. The summed E-state index contributed by atoms with van der Waals surface area (Å²) in [6.07, 6.45) is 4.71. The molecule has 1 saturated heterocycles. The molecule has 2 aromatic heterocycles. The molecule has 0 radical (unpaired) electrons. The largest absolute Gasteiger partial charge is 0.457 e. The van der Waals surface area contributed by atoms with Crippen LogP contribution in [0, 0.1) is 13.8 Å². The molecule has 0 bridgehead atoms. The normalized spacial score (nSPS) is 15.0. The number of aromatic nitrogens is 4. The molecule has 10 heteroatoms. The summed E-state index contributed by atoms with van der Waals surface area (Å²) in [6.45, 7) is 3.80. The minimum atomic E-state index is -0.547. The smallest absolute Gasteiger partial charge is 0.270 e. The van der Waals surface area contributed by atoms with Crippen molar-refractivity contribution in [3.05, 3.63) is 95.8 Å². The molecule has 3 heterocycles. The maximum atomic E-state index is 13.4. The van der Waals surface area contributed by atoms with Gasteiger partial charge >= 0.3 is 0 Å². The van der Waals surface area contributed by atoms with E-state index < -0.39 is 11.8 Å². The molecular formula is C25H20N6O3S. The number of nitrogens with zero attached hydrogens (tertiary/aromatic N) is 5. The molecule has 1 aliphatic heterocycles. The third-order valence-corrected chi connectivity index (χ3v) is 5.83. The number of nitrogens with one attached hydrogen (secondary N) is 1. The average Bonchev–Trinajstić information content (AvgIpc) is 3.46. The molecule has 5 rings (SSSR count). The summed E-state index contributed by atoms with van der Waals surface area (Å²) in [5.41, 5.74) is 2.92. The van der Waals surface area contributed by atoms with Gasteiger partial charge in [0.1, 0.15) is 29.7 Å². The van der Waals surface area contributed by atoms with Gasteiger partial charge in [-0.15, -0.1) is 10.2 Å². The van der Waals surface area contributed by atoms with Crippen LogP contribution in [-0.2, 0) is 9.59 Å². The predicted octanol–water partition coefficient (Wildman–Crippen LogP) is 3.63. The highest BCUT2D eigenvalue weighted by molar-refractivity contribution is 7.80. The van der Waals surface area contributed by atoms with Gasteiger partial charge < -0.3 is 4.74 Å². The zero-order valence-corrected chi connectivity index (χ0v) is 19.7. The van der Waals surface area contributed by atoms with Crippen molar-refractivity contribution in [3.8, 4) is 11.5 Å². The molecule has 2 amide bonds. The lowest BCUT2D eigenvalue weighted by molar-refractivity contribution is -0.122. The van der Waals surface area contributed by atoms with Crippen LogP contribution in [0.1, 0.15) is 17.0 Å². The van der Waals surface area contributed by atoms with Crippen molar-refractivity contribution >= 4 is 40.9 Å². The molecule has 0 atom stereocenters. The minimum Gasteiger partial charge on any atom is -0.457 e. The number of ether oxygens (including phenoxy) is 1. The molecule has 4 aromatic rings. The first-order valence-electron chi connectivity index (χ1n) is 10.7. The monoisotopic (exact) mass is 484 g/mol. The molecule has 0 saturated carbocycles. The third-order valence-electron chi connectivity index (χ3n) is 5.55. The maximum Gasteiger partial charge on any atom is 0.270 e. The summed E-state index contributed by atoms with van der Waals surface area (Å²) < 4.78 is 9.42. The number of benzene rings is 2. The number of carbonyl (C=O) groups excluding carboxylic acids is 2. The van der Waals surface area contributed by atoms with Crippen molar-refractivity contribution in [1.82, 2.24) is 24.9 Å². The summed E-state index contributed by atoms with van der Waals surface area (Å²) in [6, 6.07) is 18.2. The fourth-order valence-electron chi connectivity index (χ4n) is 3.91. The van der Waals surface area contributed by atoms with Gasteiger partial charge in [0.15, 0.2) is 5.11 Å². The van der Waals surface area contributed by atoms with Crippen LogP contribution < -0.4 is 15.0 Å². The van der Waals surface area contributed by atoms with Crippen molar-refractivity contribution < 1.29 is 14.3 Å². The van der Waals surface area contributed by atoms with Gasteiger partial charge in [0.25, 0.3) is 11.8 Å². The highest BCUT2D eigenvalue weighted by Gasteiger charge is 2.34. The zero-order valence-electron chi connectivity index (χ0n) is 18.9. The van der Waals surface area contributed by atoms with E-state index in [1.165, 1.54) is 4.90 Å². The van der Waals surface area contributed by atoms with Gasteiger partial charge in [-0.25, -0.2) is 4.68 Å². The minimum absolute atomic E-state index is 0.0174. The molecule has 1 N–H and O–H groups in total. The summed E-state index contributed by atoms with van der Waals surface area (Å²) in [4.78, 5) is 27.4. The van der Waals surface area contributed by atoms with Gasteiger partial charge in [-0.05, 0) is 80.2 Å². The van der Waals surface area contributed by atoms with Gasteiger partial charge in [-0.3, -0.25) is 24.5 Å². The first-order chi connectivity index (χ1) is 16.9. The summed E-state index contributed by atoms with van der Waals surface area (Å²) >= 11 is 5.32. The topological polar surface area (TPSA) is 94.3 Å². The van der Waals surface area contributed by atoms with E-state index in [0.29, 0.717) is 22.7 Å². The average molecular weight is 485 g/mol. The molecule has 0 spiro atoms. The quantitative estimate of drug-likeness (QED) is 0.264. The van der Waals surface area contributed by atoms with E-state index >= 15 is 0 Å². The van der Waals surface area contributed by atoms with Crippen LogP contribution in [0.4, 0.5) is 5.69 Å². The van der Waals surface area contributed by atoms with Crippen molar-refractivity contribution in [2.45, 2.75) is 13.8 Å². The van der Waals surface area contributed by atoms with Crippen LogP contribution in [0.2, 0.25) is 0 Å². The Bertz CT molecular complexity index is 1460. The number of carbonyl (C=O) groups is 2. The Labute approximate surface area is 206 Å². The Kier molecular flexibility index (Phi) is 5.71. The molecule has 9 nitrogen and oxygen atoms in total. The molecule has 1 fully saturated rings. The van der Waals surface area contributed by atoms with Gasteiger partial charge in [-0.2, -0.15) is 0 Å². The molecule has 1 aliphatic rings. The Balaban J connectivity index is 1.44. The van der Waals surface area contributed by atoms with E-state index in [9.17, 15) is 9.59 Å². The van der Waals surface area contributed by atoms with Crippen LogP contribution >= 0.6 is 12.2 Å². The molecule has 35 heavy (non-hydrogen) atoms. The number of thiocarbonyl (C=S) groups is 1. The number of aryl methyl sites for hydroxylation is 1. The van der Waals surface area contributed by atoms with E-state index in [2.05, 4.69) is 15.5 Å². The maximum absolute atomic E-state index is 13.4. The number of anilines is 1. The highest BCUT2D eigenvalue weighted by atomic mass is 32.1. The van der Waals surface area contributed by atoms with E-state index in [-0.39, 0.29) is 10.7 Å². The first-order valence-corrected chi connectivity index (χ1v) is 11.1. The van der Waals surface area contributed by atoms with E-state index in [1.807, 2.05) is 54.9 Å². The van der Waals surface area contributed by atoms with Crippen molar-refractivity contribution in [2.75, 3.05) is 4.90 Å². The standard InChI is InChI=1S/C25H20N6O3S/c1-16-12-18(17(2)31(16)29-14-26-27-15-29)13-22-23(32)28-25(35)30(24(22)33)19-8-10-21(11-9-19)34-20-6-4-3-5-7-20/h3-15H,1-2H3,(H,28,32,35)/b22-13-. The molecule has 174 valence electrons. The molecule has 0 aliphatic carbocycles. The van der Waals surface area contributed by atoms with Crippen molar-refractivity contribution in [3.63, 3.8) is 0 Å². The summed E-state index contributed by atoms with van der Waals surface area (Å²) in [7, 11) is 0. The highest BCUT2D eigenvalue weighted by Crippen LogP contribution is 2.27. The third kappa shape index (κ3) is 4.22. The lowest BCUT2D eigenvalue weighted by Crippen LogP contribution is -2.54. The second-order valence-electron chi connectivity index (χ2n) is 7.85.